The number of aromatic nitrogens is 2. The molecule has 1 aromatic heterocycles. The molecule has 2 fully saturated rings. The number of hydrogen-bond donors (Lipinski definition) is 1. The molecule has 0 aliphatic carbocycles. The van der Waals surface area contributed by atoms with E-state index in [1.54, 1.807) is 0 Å². The predicted molar refractivity (Wildman–Crippen MR) is 103 cm³/mol. The van der Waals surface area contributed by atoms with Gasteiger partial charge in [0.15, 0.2) is 0 Å². The second kappa shape index (κ2) is 8.33. The summed E-state index contributed by atoms with van der Waals surface area (Å²) in [5.74, 6) is 0. The Bertz CT molecular complexity index is 678. The van der Waals surface area contributed by atoms with Gasteiger partial charge in [0.25, 0.3) is 0 Å². The number of nitrogens with zero attached hydrogens (tertiary/aromatic N) is 3. The Balaban J connectivity index is 1.30. The van der Waals surface area contributed by atoms with Crippen molar-refractivity contribution in [2.75, 3.05) is 19.7 Å². The summed E-state index contributed by atoms with van der Waals surface area (Å²) >= 11 is 0. The van der Waals surface area contributed by atoms with Crippen molar-refractivity contribution in [3.63, 3.8) is 0 Å². The first kappa shape index (κ1) is 17.7. The van der Waals surface area contributed by atoms with Crippen LogP contribution in [0.4, 0.5) is 0 Å². The number of hydrogen-bond acceptors (Lipinski definition) is 4. The van der Waals surface area contributed by atoms with Crippen molar-refractivity contribution in [2.45, 2.75) is 50.4 Å². The first-order valence-corrected chi connectivity index (χ1v) is 9.90. The van der Waals surface area contributed by atoms with Gasteiger partial charge in [-0.05, 0) is 44.3 Å². The van der Waals surface area contributed by atoms with Gasteiger partial charge in [-0.25, -0.2) is 0 Å². The summed E-state index contributed by atoms with van der Waals surface area (Å²) in [5, 5.41) is 8.24. The lowest BCUT2D eigenvalue weighted by Crippen LogP contribution is -2.49. The maximum Gasteiger partial charge on any atom is 0.101 e. The van der Waals surface area contributed by atoms with E-state index < -0.39 is 0 Å². The third-order valence-corrected chi connectivity index (χ3v) is 5.66. The molecule has 0 amide bonds. The zero-order valence-corrected chi connectivity index (χ0v) is 15.7. The zero-order valence-electron chi connectivity index (χ0n) is 15.7. The molecule has 2 saturated heterocycles. The second-order valence-electron chi connectivity index (χ2n) is 7.69. The van der Waals surface area contributed by atoms with E-state index in [1.165, 1.54) is 30.4 Å². The molecule has 2 aliphatic heterocycles. The number of likely N-dealkylation sites (tertiary alicyclic amines) is 1. The van der Waals surface area contributed by atoms with Crippen LogP contribution in [0.5, 0.6) is 0 Å². The van der Waals surface area contributed by atoms with E-state index in [0.29, 0.717) is 12.1 Å². The lowest BCUT2D eigenvalue weighted by Gasteiger charge is -2.38. The molecule has 2 aliphatic rings. The fourth-order valence-electron chi connectivity index (χ4n) is 4.27. The summed E-state index contributed by atoms with van der Waals surface area (Å²) in [7, 11) is 1.97. The Hall–Kier alpha value is -1.69. The largest absolute Gasteiger partial charge is 0.372 e. The molecular formula is C21H30N4O. The highest BCUT2D eigenvalue weighted by Gasteiger charge is 2.31. The van der Waals surface area contributed by atoms with Crippen molar-refractivity contribution >= 4 is 0 Å². The predicted octanol–water partition coefficient (Wildman–Crippen LogP) is 2.89. The quantitative estimate of drug-likeness (QED) is 0.897. The van der Waals surface area contributed by atoms with Crippen LogP contribution in [-0.4, -0.2) is 46.5 Å². The first-order valence-electron chi connectivity index (χ1n) is 9.90. The fourth-order valence-corrected chi connectivity index (χ4v) is 4.27. The van der Waals surface area contributed by atoms with E-state index in [1.807, 2.05) is 17.9 Å². The Kier molecular flexibility index (Phi) is 5.68. The van der Waals surface area contributed by atoms with Gasteiger partial charge in [0.1, 0.15) is 6.10 Å². The molecule has 26 heavy (non-hydrogen) atoms. The van der Waals surface area contributed by atoms with Crippen LogP contribution in [-0.2, 0) is 18.3 Å². The van der Waals surface area contributed by atoms with Gasteiger partial charge in [0.05, 0.1) is 6.20 Å². The molecule has 1 N–H and O–H groups in total. The number of aryl methyl sites for hydroxylation is 1. The molecule has 0 unspecified atom stereocenters. The third kappa shape index (κ3) is 4.34. The maximum atomic E-state index is 6.11. The molecule has 0 spiro atoms. The minimum atomic E-state index is 0.139. The van der Waals surface area contributed by atoms with Gasteiger partial charge >= 0.3 is 0 Å². The Labute approximate surface area is 156 Å². The summed E-state index contributed by atoms with van der Waals surface area (Å²) in [6.45, 7) is 4.25. The Morgan fingerprint density at radius 3 is 2.69 bits per heavy atom. The van der Waals surface area contributed by atoms with E-state index >= 15 is 0 Å². The fraction of sp³-hybridized carbons (Fsp3) is 0.571. The van der Waals surface area contributed by atoms with Gasteiger partial charge in [0, 0.05) is 44.0 Å². The molecule has 5 heteroatoms. The smallest absolute Gasteiger partial charge is 0.101 e. The Morgan fingerprint density at radius 1 is 1.15 bits per heavy atom. The highest BCUT2D eigenvalue weighted by Crippen LogP contribution is 2.29. The van der Waals surface area contributed by atoms with Crippen LogP contribution in [0.25, 0.3) is 0 Å². The molecule has 4 rings (SSSR count). The molecule has 2 atom stereocenters. The van der Waals surface area contributed by atoms with Crippen LogP contribution in [0.2, 0.25) is 0 Å². The average molecular weight is 354 g/mol. The number of rotatable bonds is 5. The summed E-state index contributed by atoms with van der Waals surface area (Å²) in [4.78, 5) is 2.57. The Morgan fingerprint density at radius 2 is 1.96 bits per heavy atom. The molecule has 1 aromatic carbocycles. The van der Waals surface area contributed by atoms with Crippen molar-refractivity contribution in [1.82, 2.24) is 20.0 Å². The minimum Gasteiger partial charge on any atom is -0.372 e. The van der Waals surface area contributed by atoms with Crippen LogP contribution in [0.15, 0.2) is 42.7 Å². The molecule has 0 radical (unpaired) electrons. The molecule has 2 aromatic rings. The van der Waals surface area contributed by atoms with Crippen LogP contribution in [0.3, 0.4) is 0 Å². The number of benzene rings is 1. The van der Waals surface area contributed by atoms with Crippen molar-refractivity contribution < 1.29 is 4.74 Å². The van der Waals surface area contributed by atoms with Gasteiger partial charge in [-0.3, -0.25) is 9.58 Å². The van der Waals surface area contributed by atoms with Crippen LogP contribution >= 0.6 is 0 Å². The molecule has 3 heterocycles. The summed E-state index contributed by atoms with van der Waals surface area (Å²) in [6, 6.07) is 11.8. The third-order valence-electron chi connectivity index (χ3n) is 5.66. The molecule has 0 saturated carbocycles. The molecule has 0 bridgehead atoms. The summed E-state index contributed by atoms with van der Waals surface area (Å²) in [5.41, 5.74) is 2.61. The van der Waals surface area contributed by atoms with Gasteiger partial charge in [-0.15, -0.1) is 0 Å². The topological polar surface area (TPSA) is 42.3 Å². The monoisotopic (exact) mass is 354 g/mol. The minimum absolute atomic E-state index is 0.139. The van der Waals surface area contributed by atoms with Crippen LogP contribution in [0.1, 0.15) is 42.9 Å². The van der Waals surface area contributed by atoms with E-state index in [4.69, 9.17) is 4.74 Å². The van der Waals surface area contributed by atoms with Crippen molar-refractivity contribution in [3.05, 3.63) is 53.9 Å². The van der Waals surface area contributed by atoms with Crippen LogP contribution in [0, 0.1) is 0 Å². The van der Waals surface area contributed by atoms with E-state index in [9.17, 15) is 0 Å². The van der Waals surface area contributed by atoms with E-state index in [-0.39, 0.29) is 6.10 Å². The van der Waals surface area contributed by atoms with E-state index in [0.717, 1.165) is 32.7 Å². The summed E-state index contributed by atoms with van der Waals surface area (Å²) < 4.78 is 7.97. The highest BCUT2D eigenvalue weighted by molar-refractivity contribution is 5.15. The average Bonchev–Trinajstić information content (AvgIpc) is 3.11. The molecule has 5 nitrogen and oxygen atoms in total. The summed E-state index contributed by atoms with van der Waals surface area (Å²) in [6.07, 6.45) is 8.93. The lowest BCUT2D eigenvalue weighted by atomic mass is 9.95. The standard InChI is InChI=1S/C21H30N4O/c1-24-16-18(14-22-24)21-20(8-5-13-26-21)23-19-9-11-25(12-10-19)15-17-6-3-2-4-7-17/h2-4,6-7,14,16,19-21,23H,5,8-13,15H2,1H3/t20-,21+/m0/s1. The number of ether oxygens (including phenoxy) is 1. The number of nitrogens with one attached hydrogen (secondary N) is 1. The van der Waals surface area contributed by atoms with Gasteiger partial charge in [-0.2, -0.15) is 5.10 Å². The molecule has 140 valence electrons. The van der Waals surface area contributed by atoms with Crippen molar-refractivity contribution in [3.8, 4) is 0 Å². The van der Waals surface area contributed by atoms with Gasteiger partial charge in [-0.1, -0.05) is 30.3 Å². The van der Waals surface area contributed by atoms with Gasteiger partial charge < -0.3 is 10.1 Å². The van der Waals surface area contributed by atoms with Crippen LogP contribution < -0.4 is 5.32 Å². The SMILES string of the molecule is Cn1cc([C@H]2OCCC[C@@H]2NC2CCN(Cc3ccccc3)CC2)cn1. The first-order chi connectivity index (χ1) is 12.8. The molecular weight excluding hydrogens is 324 g/mol. The van der Waals surface area contributed by atoms with Crippen molar-refractivity contribution in [1.29, 1.82) is 0 Å². The normalized spacial score (nSPS) is 25.4. The van der Waals surface area contributed by atoms with Crippen molar-refractivity contribution in [2.24, 2.45) is 7.05 Å². The maximum absolute atomic E-state index is 6.11. The highest BCUT2D eigenvalue weighted by atomic mass is 16.5. The number of piperidine rings is 1. The van der Waals surface area contributed by atoms with E-state index in [2.05, 4.69) is 51.8 Å². The zero-order chi connectivity index (χ0) is 17.8. The second-order valence-corrected chi connectivity index (χ2v) is 7.69. The lowest BCUT2D eigenvalue weighted by molar-refractivity contribution is -0.0163. The van der Waals surface area contributed by atoms with Gasteiger partial charge in [0.2, 0.25) is 0 Å².